The molecular formula is C19H25N3O2S. The molecule has 1 aromatic heterocycles. The molecule has 25 heavy (non-hydrogen) atoms. The van der Waals surface area contributed by atoms with Crippen LogP contribution in [0.1, 0.15) is 62.0 Å². The van der Waals surface area contributed by atoms with Crippen LogP contribution in [0.15, 0.2) is 11.6 Å². The molecule has 1 aromatic rings. The number of rotatable bonds is 3. The molecule has 0 radical (unpaired) electrons. The Hall–Kier alpha value is -1.95. The van der Waals surface area contributed by atoms with Gasteiger partial charge in [-0.2, -0.15) is 0 Å². The van der Waals surface area contributed by atoms with Crippen LogP contribution >= 0.6 is 12.2 Å². The summed E-state index contributed by atoms with van der Waals surface area (Å²) in [7, 11) is 0. The summed E-state index contributed by atoms with van der Waals surface area (Å²) in [5, 5.41) is 2.79. The van der Waals surface area contributed by atoms with E-state index in [2.05, 4.69) is 29.8 Å². The molecule has 5 nitrogen and oxygen atoms in total. The molecule has 1 aliphatic heterocycles. The van der Waals surface area contributed by atoms with E-state index in [1.54, 1.807) is 6.08 Å². The van der Waals surface area contributed by atoms with Gasteiger partial charge in [-0.15, -0.1) is 0 Å². The summed E-state index contributed by atoms with van der Waals surface area (Å²) in [6, 6.07) is 2.59. The average Bonchev–Trinajstić information content (AvgIpc) is 2.86. The molecule has 2 amide bonds. The second kappa shape index (κ2) is 7.12. The van der Waals surface area contributed by atoms with Crippen molar-refractivity contribution in [1.82, 2.24) is 14.8 Å². The van der Waals surface area contributed by atoms with E-state index < -0.39 is 5.91 Å². The lowest BCUT2D eigenvalue weighted by Crippen LogP contribution is -2.53. The molecule has 0 aromatic carbocycles. The fourth-order valence-corrected chi connectivity index (χ4v) is 4.29. The van der Waals surface area contributed by atoms with Gasteiger partial charge >= 0.3 is 0 Å². The van der Waals surface area contributed by atoms with Gasteiger partial charge in [-0.05, 0) is 63.5 Å². The number of hydrogen-bond donors (Lipinski definition) is 1. The van der Waals surface area contributed by atoms with E-state index in [1.165, 1.54) is 42.7 Å². The van der Waals surface area contributed by atoms with E-state index >= 15 is 0 Å². The average molecular weight is 359 g/mol. The molecule has 6 heteroatoms. The van der Waals surface area contributed by atoms with Crippen molar-refractivity contribution in [3.8, 4) is 0 Å². The van der Waals surface area contributed by atoms with Crippen molar-refractivity contribution >= 4 is 35.2 Å². The van der Waals surface area contributed by atoms with Crippen molar-refractivity contribution in [3.05, 3.63) is 28.6 Å². The number of nitrogens with zero attached hydrogens (tertiary/aromatic N) is 2. The Labute approximate surface area is 154 Å². The summed E-state index contributed by atoms with van der Waals surface area (Å²) >= 11 is 5.08. The third-order valence-corrected chi connectivity index (χ3v) is 5.59. The Morgan fingerprint density at radius 3 is 2.56 bits per heavy atom. The molecule has 2 fully saturated rings. The molecule has 0 atom stereocenters. The fourth-order valence-electron chi connectivity index (χ4n) is 3.99. The SMILES string of the molecule is CCN1C(=O)/C(=C/c2cc(C)n(C3CCCCC3)c2C)C(=O)NC1=S. The van der Waals surface area contributed by atoms with E-state index in [1.807, 2.05) is 6.92 Å². The molecule has 1 saturated carbocycles. The molecule has 0 bridgehead atoms. The molecule has 0 spiro atoms. The molecule has 0 unspecified atom stereocenters. The van der Waals surface area contributed by atoms with Gasteiger partial charge in [-0.25, -0.2) is 0 Å². The number of hydrogen-bond acceptors (Lipinski definition) is 3. The first-order valence-corrected chi connectivity index (χ1v) is 9.42. The Kier molecular flexibility index (Phi) is 5.08. The zero-order valence-electron chi connectivity index (χ0n) is 15.1. The molecular weight excluding hydrogens is 334 g/mol. The van der Waals surface area contributed by atoms with Gasteiger partial charge < -0.3 is 4.57 Å². The third kappa shape index (κ3) is 3.27. The predicted octanol–water partition coefficient (Wildman–Crippen LogP) is 3.26. The standard InChI is InChI=1S/C19H25N3O2S/c1-4-21-18(24)16(17(23)20-19(21)25)11-14-10-12(2)22(13(14)3)15-8-6-5-7-9-15/h10-11,15H,4-9H2,1-3H3,(H,20,23,25)/b16-11+. The Morgan fingerprint density at radius 2 is 1.92 bits per heavy atom. The van der Waals surface area contributed by atoms with Crippen LogP contribution in [0.4, 0.5) is 0 Å². The largest absolute Gasteiger partial charge is 0.346 e. The molecule has 1 aliphatic carbocycles. The molecule has 134 valence electrons. The van der Waals surface area contributed by atoms with Gasteiger partial charge in [0.1, 0.15) is 5.57 Å². The summed E-state index contributed by atoms with van der Waals surface area (Å²) < 4.78 is 2.37. The predicted molar refractivity (Wildman–Crippen MR) is 102 cm³/mol. The molecule has 1 N–H and O–H groups in total. The van der Waals surface area contributed by atoms with E-state index in [-0.39, 0.29) is 16.6 Å². The summed E-state index contributed by atoms with van der Waals surface area (Å²) in [4.78, 5) is 26.3. The Morgan fingerprint density at radius 1 is 1.24 bits per heavy atom. The first kappa shape index (κ1) is 17.9. The smallest absolute Gasteiger partial charge is 0.265 e. The minimum atomic E-state index is -0.415. The minimum absolute atomic E-state index is 0.152. The fraction of sp³-hybridized carbons (Fsp3) is 0.526. The van der Waals surface area contributed by atoms with E-state index in [0.29, 0.717) is 12.6 Å². The lowest BCUT2D eigenvalue weighted by Gasteiger charge is -2.28. The zero-order valence-corrected chi connectivity index (χ0v) is 15.9. The van der Waals surface area contributed by atoms with Gasteiger partial charge in [0.25, 0.3) is 11.8 Å². The highest BCUT2D eigenvalue weighted by Gasteiger charge is 2.32. The minimum Gasteiger partial charge on any atom is -0.346 e. The molecule has 1 saturated heterocycles. The number of amides is 2. The summed E-state index contributed by atoms with van der Waals surface area (Å²) in [5.74, 6) is -0.735. The second-order valence-electron chi connectivity index (χ2n) is 6.86. The van der Waals surface area contributed by atoms with Crippen LogP contribution in [0.5, 0.6) is 0 Å². The van der Waals surface area contributed by atoms with Crippen molar-refractivity contribution in [2.75, 3.05) is 6.54 Å². The number of thiocarbonyl (C=S) groups is 1. The van der Waals surface area contributed by atoms with Gasteiger partial charge in [-0.3, -0.25) is 19.8 Å². The van der Waals surface area contributed by atoms with Gasteiger partial charge in [0.05, 0.1) is 0 Å². The number of likely N-dealkylation sites (N-methyl/N-ethyl adjacent to an activating group) is 1. The summed E-state index contributed by atoms with van der Waals surface area (Å²) in [6.45, 7) is 6.45. The normalized spacial score (nSPS) is 21.2. The van der Waals surface area contributed by atoms with Gasteiger partial charge in [0, 0.05) is 24.0 Å². The van der Waals surface area contributed by atoms with Crippen molar-refractivity contribution < 1.29 is 9.59 Å². The number of aromatic nitrogens is 1. The number of nitrogens with one attached hydrogen (secondary N) is 1. The van der Waals surface area contributed by atoms with Crippen LogP contribution in [-0.4, -0.2) is 32.9 Å². The van der Waals surface area contributed by atoms with Crippen molar-refractivity contribution in [3.63, 3.8) is 0 Å². The Balaban J connectivity index is 1.96. The number of carbonyl (C=O) groups excluding carboxylic acids is 2. The second-order valence-corrected chi connectivity index (χ2v) is 7.24. The third-order valence-electron chi connectivity index (χ3n) is 5.27. The topological polar surface area (TPSA) is 54.3 Å². The maximum atomic E-state index is 12.6. The first-order chi connectivity index (χ1) is 11.9. The molecule has 2 aliphatic rings. The lowest BCUT2D eigenvalue weighted by molar-refractivity contribution is -0.128. The molecule has 3 rings (SSSR count). The van der Waals surface area contributed by atoms with Gasteiger partial charge in [0.15, 0.2) is 5.11 Å². The van der Waals surface area contributed by atoms with E-state index in [9.17, 15) is 9.59 Å². The van der Waals surface area contributed by atoms with Crippen molar-refractivity contribution in [2.45, 2.75) is 58.9 Å². The Bertz CT molecular complexity index is 757. The van der Waals surface area contributed by atoms with Crippen LogP contribution in [0.25, 0.3) is 6.08 Å². The van der Waals surface area contributed by atoms with Gasteiger partial charge in [0.2, 0.25) is 0 Å². The highest BCUT2D eigenvalue weighted by atomic mass is 32.1. The maximum Gasteiger partial charge on any atom is 0.265 e. The van der Waals surface area contributed by atoms with Crippen LogP contribution in [0, 0.1) is 13.8 Å². The van der Waals surface area contributed by atoms with E-state index in [0.717, 1.165) is 11.3 Å². The lowest BCUT2D eigenvalue weighted by atomic mass is 9.95. The highest BCUT2D eigenvalue weighted by molar-refractivity contribution is 7.80. The quantitative estimate of drug-likeness (QED) is 0.512. The van der Waals surface area contributed by atoms with Crippen LogP contribution in [0.3, 0.4) is 0 Å². The monoisotopic (exact) mass is 359 g/mol. The number of carbonyl (C=O) groups is 2. The van der Waals surface area contributed by atoms with E-state index in [4.69, 9.17) is 12.2 Å². The summed E-state index contributed by atoms with van der Waals surface area (Å²) in [6.07, 6.45) is 7.95. The van der Waals surface area contributed by atoms with Gasteiger partial charge in [-0.1, -0.05) is 19.3 Å². The maximum absolute atomic E-state index is 12.6. The zero-order chi connectivity index (χ0) is 18.1. The van der Waals surface area contributed by atoms with Crippen LogP contribution in [-0.2, 0) is 9.59 Å². The molecule has 2 heterocycles. The van der Waals surface area contributed by atoms with Crippen molar-refractivity contribution in [1.29, 1.82) is 0 Å². The highest BCUT2D eigenvalue weighted by Crippen LogP contribution is 2.33. The van der Waals surface area contributed by atoms with Crippen molar-refractivity contribution in [2.24, 2.45) is 0 Å². The number of aryl methyl sites for hydroxylation is 1. The van der Waals surface area contributed by atoms with Crippen LogP contribution in [0.2, 0.25) is 0 Å². The summed E-state index contributed by atoms with van der Waals surface area (Å²) in [5.41, 5.74) is 3.39. The first-order valence-electron chi connectivity index (χ1n) is 9.01. The van der Waals surface area contributed by atoms with Crippen LogP contribution < -0.4 is 5.32 Å².